The van der Waals surface area contributed by atoms with E-state index >= 15 is 0 Å². The van der Waals surface area contributed by atoms with Crippen LogP contribution in [0.2, 0.25) is 5.02 Å². The molecule has 0 atom stereocenters. The molecular formula is C16H20ClN5O2S. The Labute approximate surface area is 155 Å². The Hall–Kier alpha value is -1.64. The number of aryl methyl sites for hydroxylation is 2. The molecule has 7 nitrogen and oxygen atoms in total. The predicted octanol–water partition coefficient (Wildman–Crippen LogP) is 2.41. The van der Waals surface area contributed by atoms with Gasteiger partial charge in [0.2, 0.25) is 0 Å². The maximum absolute atomic E-state index is 12.7. The van der Waals surface area contributed by atoms with Gasteiger partial charge in [0, 0.05) is 38.3 Å². The summed E-state index contributed by atoms with van der Waals surface area (Å²) < 4.78 is 5.22. The summed E-state index contributed by atoms with van der Waals surface area (Å²) in [5, 5.41) is 4.83. The molecule has 134 valence electrons. The Balaban J connectivity index is 1.63. The van der Waals surface area contributed by atoms with E-state index in [-0.39, 0.29) is 11.6 Å². The molecule has 1 saturated heterocycles. The normalized spacial score (nSPS) is 15.6. The van der Waals surface area contributed by atoms with Crippen molar-refractivity contribution in [3.8, 4) is 0 Å². The number of aromatic nitrogens is 3. The van der Waals surface area contributed by atoms with Crippen molar-refractivity contribution in [1.82, 2.24) is 24.9 Å². The zero-order chi connectivity index (χ0) is 18.0. The van der Waals surface area contributed by atoms with E-state index in [9.17, 15) is 4.79 Å². The minimum absolute atomic E-state index is 0.139. The van der Waals surface area contributed by atoms with Gasteiger partial charge in [-0.05, 0) is 20.1 Å². The van der Waals surface area contributed by atoms with Gasteiger partial charge in [-0.2, -0.15) is 0 Å². The van der Waals surface area contributed by atoms with Crippen LogP contribution in [0.3, 0.4) is 0 Å². The fourth-order valence-electron chi connectivity index (χ4n) is 2.81. The Bertz CT molecular complexity index is 754. The van der Waals surface area contributed by atoms with Crippen LogP contribution in [-0.2, 0) is 6.54 Å². The third-order valence-corrected chi connectivity index (χ3v) is 5.17. The molecule has 0 N–H and O–H groups in total. The van der Waals surface area contributed by atoms with Crippen LogP contribution < -0.4 is 0 Å². The van der Waals surface area contributed by atoms with Crippen molar-refractivity contribution in [3.63, 3.8) is 0 Å². The van der Waals surface area contributed by atoms with Crippen molar-refractivity contribution in [3.05, 3.63) is 33.9 Å². The lowest BCUT2D eigenvalue weighted by molar-refractivity contribution is 0.0621. The van der Waals surface area contributed by atoms with Gasteiger partial charge in [-0.1, -0.05) is 28.5 Å². The minimum atomic E-state index is -0.139. The zero-order valence-corrected chi connectivity index (χ0v) is 16.0. The number of hydrogen-bond donors (Lipinski definition) is 0. The molecule has 1 aliphatic rings. The average Bonchev–Trinajstić information content (AvgIpc) is 2.94. The van der Waals surface area contributed by atoms with Gasteiger partial charge >= 0.3 is 0 Å². The second kappa shape index (κ2) is 7.72. The molecule has 1 fully saturated rings. The van der Waals surface area contributed by atoms with E-state index in [1.165, 1.54) is 18.0 Å². The maximum atomic E-state index is 12.7. The number of hydrogen-bond acceptors (Lipinski definition) is 7. The Morgan fingerprint density at radius 1 is 1.32 bits per heavy atom. The third kappa shape index (κ3) is 3.96. The molecule has 0 aromatic carbocycles. The molecule has 0 aliphatic carbocycles. The highest BCUT2D eigenvalue weighted by Crippen LogP contribution is 2.20. The number of halogens is 1. The average molecular weight is 382 g/mol. The van der Waals surface area contributed by atoms with Gasteiger partial charge in [0.15, 0.2) is 10.9 Å². The van der Waals surface area contributed by atoms with Gasteiger partial charge in [-0.3, -0.25) is 9.69 Å². The lowest BCUT2D eigenvalue weighted by Gasteiger charge is -2.34. The van der Waals surface area contributed by atoms with Crippen LogP contribution in [0.5, 0.6) is 0 Å². The van der Waals surface area contributed by atoms with Gasteiger partial charge in [0.25, 0.3) is 5.91 Å². The first kappa shape index (κ1) is 18.2. The molecule has 9 heteroatoms. The number of carbonyl (C=O) groups is 1. The van der Waals surface area contributed by atoms with Crippen LogP contribution in [-0.4, -0.2) is 63.3 Å². The highest BCUT2D eigenvalue weighted by atomic mass is 35.5. The van der Waals surface area contributed by atoms with Gasteiger partial charge in [-0.25, -0.2) is 9.97 Å². The Kier molecular flexibility index (Phi) is 5.61. The molecule has 0 saturated carbocycles. The SMILES string of the molecule is CSc1ncc(Cl)c(C(=O)N2CCN(Cc3c(C)noc3C)CC2)n1. The van der Waals surface area contributed by atoms with Gasteiger partial charge in [0.05, 0.1) is 16.9 Å². The number of thioether (sulfide) groups is 1. The highest BCUT2D eigenvalue weighted by Gasteiger charge is 2.26. The van der Waals surface area contributed by atoms with Crippen molar-refractivity contribution in [1.29, 1.82) is 0 Å². The first-order valence-corrected chi connectivity index (χ1v) is 9.59. The van der Waals surface area contributed by atoms with E-state index in [0.29, 0.717) is 23.3 Å². The van der Waals surface area contributed by atoms with E-state index in [1.807, 2.05) is 20.1 Å². The summed E-state index contributed by atoms with van der Waals surface area (Å²) in [6.07, 6.45) is 3.35. The molecule has 0 bridgehead atoms. The summed E-state index contributed by atoms with van der Waals surface area (Å²) in [5.41, 5.74) is 2.33. The Morgan fingerprint density at radius 2 is 2.04 bits per heavy atom. The summed E-state index contributed by atoms with van der Waals surface area (Å²) in [5.74, 6) is 0.716. The molecule has 0 spiro atoms. The number of piperazine rings is 1. The van der Waals surface area contributed by atoms with Gasteiger partial charge in [-0.15, -0.1) is 0 Å². The van der Waals surface area contributed by atoms with E-state index in [2.05, 4.69) is 20.0 Å². The largest absolute Gasteiger partial charge is 0.361 e. The minimum Gasteiger partial charge on any atom is -0.361 e. The Morgan fingerprint density at radius 3 is 2.64 bits per heavy atom. The van der Waals surface area contributed by atoms with Crippen LogP contribution in [0.4, 0.5) is 0 Å². The standard InChI is InChI=1S/C16H20ClN5O2S/c1-10-12(11(2)24-20-10)9-21-4-6-22(7-5-21)15(23)14-13(17)8-18-16(19-14)25-3/h8H,4-7,9H2,1-3H3. The summed E-state index contributed by atoms with van der Waals surface area (Å²) >= 11 is 7.50. The van der Waals surface area contributed by atoms with E-state index < -0.39 is 0 Å². The summed E-state index contributed by atoms with van der Waals surface area (Å²) in [7, 11) is 0. The first-order valence-electron chi connectivity index (χ1n) is 7.99. The maximum Gasteiger partial charge on any atom is 0.274 e. The molecule has 2 aromatic rings. The molecule has 3 heterocycles. The van der Waals surface area contributed by atoms with Crippen LogP contribution in [0.1, 0.15) is 27.5 Å². The van der Waals surface area contributed by atoms with E-state index in [1.54, 1.807) is 4.90 Å². The second-order valence-electron chi connectivity index (χ2n) is 5.92. The lowest BCUT2D eigenvalue weighted by atomic mass is 10.1. The monoisotopic (exact) mass is 381 g/mol. The molecule has 25 heavy (non-hydrogen) atoms. The van der Waals surface area contributed by atoms with Crippen molar-refractivity contribution in [2.24, 2.45) is 0 Å². The summed E-state index contributed by atoms with van der Waals surface area (Å²) in [6.45, 7) is 7.51. The summed E-state index contributed by atoms with van der Waals surface area (Å²) in [6, 6.07) is 0. The van der Waals surface area contributed by atoms with E-state index in [0.717, 1.165) is 36.7 Å². The topological polar surface area (TPSA) is 75.4 Å². The van der Waals surface area contributed by atoms with Crippen LogP contribution in [0.15, 0.2) is 15.9 Å². The van der Waals surface area contributed by atoms with Gasteiger partial charge < -0.3 is 9.42 Å². The third-order valence-electron chi connectivity index (χ3n) is 4.33. The fraction of sp³-hybridized carbons (Fsp3) is 0.500. The fourth-order valence-corrected chi connectivity index (χ4v) is 3.32. The second-order valence-corrected chi connectivity index (χ2v) is 7.10. The highest BCUT2D eigenvalue weighted by molar-refractivity contribution is 7.98. The molecule has 0 radical (unpaired) electrons. The summed E-state index contributed by atoms with van der Waals surface area (Å²) in [4.78, 5) is 25.2. The number of rotatable bonds is 4. The zero-order valence-electron chi connectivity index (χ0n) is 14.5. The first-order chi connectivity index (χ1) is 12.0. The van der Waals surface area contributed by atoms with Crippen molar-refractivity contribution in [2.75, 3.05) is 32.4 Å². The molecule has 2 aromatic heterocycles. The molecular weight excluding hydrogens is 362 g/mol. The van der Waals surface area contributed by atoms with E-state index in [4.69, 9.17) is 16.1 Å². The molecule has 3 rings (SSSR count). The van der Waals surface area contributed by atoms with Crippen molar-refractivity contribution >= 4 is 29.3 Å². The molecule has 1 amide bonds. The quantitative estimate of drug-likeness (QED) is 0.594. The number of nitrogens with zero attached hydrogens (tertiary/aromatic N) is 5. The molecule has 1 aliphatic heterocycles. The van der Waals surface area contributed by atoms with Crippen LogP contribution in [0.25, 0.3) is 0 Å². The number of amides is 1. The lowest BCUT2D eigenvalue weighted by Crippen LogP contribution is -2.48. The van der Waals surface area contributed by atoms with Crippen molar-refractivity contribution in [2.45, 2.75) is 25.5 Å². The van der Waals surface area contributed by atoms with Gasteiger partial charge in [0.1, 0.15) is 5.76 Å². The van der Waals surface area contributed by atoms with Crippen molar-refractivity contribution < 1.29 is 9.32 Å². The molecule has 0 unspecified atom stereocenters. The van der Waals surface area contributed by atoms with Crippen LogP contribution in [0, 0.1) is 13.8 Å². The smallest absolute Gasteiger partial charge is 0.274 e. The predicted molar refractivity (Wildman–Crippen MR) is 96.0 cm³/mol. The number of carbonyl (C=O) groups excluding carboxylic acids is 1. The van der Waals surface area contributed by atoms with Crippen LogP contribution >= 0.6 is 23.4 Å².